The van der Waals surface area contributed by atoms with Crippen molar-refractivity contribution >= 4 is 40.9 Å². The van der Waals surface area contributed by atoms with Crippen LogP contribution < -0.4 is 0 Å². The Morgan fingerprint density at radius 3 is 2.69 bits per heavy atom. The van der Waals surface area contributed by atoms with Crippen molar-refractivity contribution in [2.24, 2.45) is 0 Å². The molecule has 1 aromatic rings. The minimum atomic E-state index is 0.503. The molecule has 0 saturated carbocycles. The SMILES string of the molecule is C/C(=C/c1cc(Cl)ccc1Cl)CCl. The van der Waals surface area contributed by atoms with E-state index < -0.39 is 0 Å². The second-order valence-electron chi connectivity index (χ2n) is 2.79. The van der Waals surface area contributed by atoms with Crippen molar-refractivity contribution in [3.05, 3.63) is 39.4 Å². The number of hydrogen-bond acceptors (Lipinski definition) is 0. The molecule has 1 aromatic carbocycles. The Bertz CT molecular complexity index is 329. The lowest BCUT2D eigenvalue weighted by Crippen LogP contribution is -1.80. The quantitative estimate of drug-likeness (QED) is 0.655. The van der Waals surface area contributed by atoms with Crippen LogP contribution in [0.2, 0.25) is 10.0 Å². The Morgan fingerprint density at radius 1 is 1.38 bits per heavy atom. The summed E-state index contributed by atoms with van der Waals surface area (Å²) < 4.78 is 0. The summed E-state index contributed by atoms with van der Waals surface area (Å²) in [6, 6.07) is 5.36. The van der Waals surface area contributed by atoms with Gasteiger partial charge in [-0.2, -0.15) is 0 Å². The fourth-order valence-corrected chi connectivity index (χ4v) is 1.36. The summed E-state index contributed by atoms with van der Waals surface area (Å²) in [6.07, 6.45) is 1.93. The average molecular weight is 236 g/mol. The number of hydrogen-bond donors (Lipinski definition) is 0. The second-order valence-corrected chi connectivity index (χ2v) is 3.90. The van der Waals surface area contributed by atoms with E-state index in [1.54, 1.807) is 12.1 Å². The molecule has 0 spiro atoms. The van der Waals surface area contributed by atoms with Crippen molar-refractivity contribution in [3.8, 4) is 0 Å². The lowest BCUT2D eigenvalue weighted by molar-refractivity contribution is 1.43. The lowest BCUT2D eigenvalue weighted by atomic mass is 10.1. The first-order valence-electron chi connectivity index (χ1n) is 3.81. The van der Waals surface area contributed by atoms with E-state index in [9.17, 15) is 0 Å². The van der Waals surface area contributed by atoms with E-state index in [2.05, 4.69) is 0 Å². The maximum atomic E-state index is 5.95. The highest BCUT2D eigenvalue weighted by Gasteiger charge is 1.98. The summed E-state index contributed by atoms with van der Waals surface area (Å²) in [5.74, 6) is 0.503. The molecule has 0 saturated heterocycles. The smallest absolute Gasteiger partial charge is 0.0479 e. The van der Waals surface area contributed by atoms with Crippen molar-refractivity contribution in [2.45, 2.75) is 6.92 Å². The van der Waals surface area contributed by atoms with Gasteiger partial charge in [0, 0.05) is 15.9 Å². The molecule has 0 bridgehead atoms. The van der Waals surface area contributed by atoms with Gasteiger partial charge in [0.1, 0.15) is 0 Å². The summed E-state index contributed by atoms with van der Waals surface area (Å²) in [5.41, 5.74) is 1.97. The highest BCUT2D eigenvalue weighted by molar-refractivity contribution is 6.34. The molecule has 70 valence electrons. The molecule has 0 radical (unpaired) electrons. The van der Waals surface area contributed by atoms with Crippen LogP contribution in [-0.2, 0) is 0 Å². The van der Waals surface area contributed by atoms with E-state index >= 15 is 0 Å². The Kier molecular flexibility index (Phi) is 4.11. The summed E-state index contributed by atoms with van der Waals surface area (Å²) in [5, 5.41) is 1.37. The number of allylic oxidation sites excluding steroid dienone is 1. The van der Waals surface area contributed by atoms with Crippen LogP contribution in [0.1, 0.15) is 12.5 Å². The first-order valence-corrected chi connectivity index (χ1v) is 5.10. The van der Waals surface area contributed by atoms with Gasteiger partial charge in [-0.05, 0) is 30.7 Å². The summed E-state index contributed by atoms with van der Waals surface area (Å²) >= 11 is 17.4. The highest BCUT2D eigenvalue weighted by Crippen LogP contribution is 2.22. The van der Waals surface area contributed by atoms with Gasteiger partial charge in [-0.1, -0.05) is 34.9 Å². The molecule has 0 heterocycles. The van der Waals surface area contributed by atoms with E-state index in [1.807, 2.05) is 19.1 Å². The minimum absolute atomic E-state index is 0.503. The molecule has 0 atom stereocenters. The van der Waals surface area contributed by atoms with Gasteiger partial charge in [-0.15, -0.1) is 11.6 Å². The van der Waals surface area contributed by atoms with Gasteiger partial charge in [-0.25, -0.2) is 0 Å². The second kappa shape index (κ2) is 4.90. The lowest BCUT2D eigenvalue weighted by Gasteiger charge is -2.00. The third-order valence-electron chi connectivity index (χ3n) is 1.57. The normalized spacial score (nSPS) is 11.8. The predicted octanol–water partition coefficient (Wildman–Crippen LogP) is 4.64. The molecule has 0 amide bonds. The van der Waals surface area contributed by atoms with E-state index in [0.717, 1.165) is 11.1 Å². The van der Waals surface area contributed by atoms with Crippen LogP contribution >= 0.6 is 34.8 Å². The van der Waals surface area contributed by atoms with E-state index in [-0.39, 0.29) is 0 Å². The van der Waals surface area contributed by atoms with Crippen LogP contribution in [0, 0.1) is 0 Å². The Labute approximate surface area is 93.1 Å². The maximum Gasteiger partial charge on any atom is 0.0479 e. The molecule has 0 nitrogen and oxygen atoms in total. The fourth-order valence-electron chi connectivity index (χ4n) is 0.929. The maximum absolute atomic E-state index is 5.95. The van der Waals surface area contributed by atoms with Crippen LogP contribution in [0.4, 0.5) is 0 Å². The first-order chi connectivity index (χ1) is 6.13. The van der Waals surface area contributed by atoms with Crippen LogP contribution in [0.15, 0.2) is 23.8 Å². The zero-order valence-electron chi connectivity index (χ0n) is 7.15. The molecule has 13 heavy (non-hydrogen) atoms. The van der Waals surface area contributed by atoms with Gasteiger partial charge < -0.3 is 0 Å². The number of rotatable bonds is 2. The summed E-state index contributed by atoms with van der Waals surface area (Å²) in [4.78, 5) is 0. The summed E-state index contributed by atoms with van der Waals surface area (Å²) in [7, 11) is 0. The van der Waals surface area contributed by atoms with E-state index in [4.69, 9.17) is 34.8 Å². The summed E-state index contributed by atoms with van der Waals surface area (Å²) in [6.45, 7) is 1.95. The number of alkyl halides is 1. The van der Waals surface area contributed by atoms with Crippen LogP contribution in [0.25, 0.3) is 6.08 Å². The number of benzene rings is 1. The Balaban J connectivity index is 3.07. The molecule has 0 aliphatic rings. The average Bonchev–Trinajstić information content (AvgIpc) is 2.11. The molecule has 0 aliphatic heterocycles. The van der Waals surface area contributed by atoms with Gasteiger partial charge in [0.15, 0.2) is 0 Å². The van der Waals surface area contributed by atoms with Gasteiger partial charge >= 0.3 is 0 Å². The van der Waals surface area contributed by atoms with Gasteiger partial charge in [0.05, 0.1) is 0 Å². The molecular weight excluding hydrogens is 226 g/mol. The van der Waals surface area contributed by atoms with Crippen molar-refractivity contribution < 1.29 is 0 Å². The standard InChI is InChI=1S/C10H9Cl3/c1-7(6-11)4-8-5-9(12)2-3-10(8)13/h2-5H,6H2,1H3/b7-4-. The molecule has 0 aromatic heterocycles. The van der Waals surface area contributed by atoms with Gasteiger partial charge in [-0.3, -0.25) is 0 Å². The zero-order chi connectivity index (χ0) is 9.84. The van der Waals surface area contributed by atoms with Crippen LogP contribution in [0.3, 0.4) is 0 Å². The van der Waals surface area contributed by atoms with Crippen LogP contribution in [-0.4, -0.2) is 5.88 Å². The zero-order valence-corrected chi connectivity index (χ0v) is 9.42. The molecule has 0 N–H and O–H groups in total. The van der Waals surface area contributed by atoms with Gasteiger partial charge in [0.25, 0.3) is 0 Å². The monoisotopic (exact) mass is 234 g/mol. The van der Waals surface area contributed by atoms with Gasteiger partial charge in [0.2, 0.25) is 0 Å². The van der Waals surface area contributed by atoms with E-state index in [0.29, 0.717) is 15.9 Å². The molecule has 3 heteroatoms. The van der Waals surface area contributed by atoms with Crippen molar-refractivity contribution in [1.82, 2.24) is 0 Å². The largest absolute Gasteiger partial charge is 0.122 e. The molecule has 0 unspecified atom stereocenters. The first kappa shape index (κ1) is 10.9. The number of halogens is 3. The topological polar surface area (TPSA) is 0 Å². The Hall–Kier alpha value is -0.170. The fraction of sp³-hybridized carbons (Fsp3) is 0.200. The minimum Gasteiger partial charge on any atom is -0.122 e. The van der Waals surface area contributed by atoms with Crippen molar-refractivity contribution in [2.75, 3.05) is 5.88 Å². The third kappa shape index (κ3) is 3.22. The molecule has 0 aliphatic carbocycles. The highest BCUT2D eigenvalue weighted by atomic mass is 35.5. The van der Waals surface area contributed by atoms with Crippen LogP contribution in [0.5, 0.6) is 0 Å². The molecule has 1 rings (SSSR count). The van der Waals surface area contributed by atoms with Crippen molar-refractivity contribution in [1.29, 1.82) is 0 Å². The third-order valence-corrected chi connectivity index (χ3v) is 2.57. The van der Waals surface area contributed by atoms with Crippen molar-refractivity contribution in [3.63, 3.8) is 0 Å². The Morgan fingerprint density at radius 2 is 2.08 bits per heavy atom. The molecular formula is C10H9Cl3. The predicted molar refractivity (Wildman–Crippen MR) is 60.8 cm³/mol. The van der Waals surface area contributed by atoms with E-state index in [1.165, 1.54) is 0 Å². The molecule has 0 fully saturated rings.